The van der Waals surface area contributed by atoms with Crippen molar-refractivity contribution in [2.75, 3.05) is 18.5 Å². The predicted octanol–water partition coefficient (Wildman–Crippen LogP) is 2.60. The Morgan fingerprint density at radius 1 is 1.47 bits per heavy atom. The number of anilines is 1. The lowest BCUT2D eigenvalue weighted by Gasteiger charge is -2.18. The Morgan fingerprint density at radius 2 is 2.32 bits per heavy atom. The third kappa shape index (κ3) is 2.29. The summed E-state index contributed by atoms with van der Waals surface area (Å²) in [5, 5.41) is 11.9. The Balaban J connectivity index is 0.00000133. The third-order valence-corrected chi connectivity index (χ3v) is 3.19. The second kappa shape index (κ2) is 5.33. The van der Waals surface area contributed by atoms with Gasteiger partial charge in [-0.1, -0.05) is 0 Å². The lowest BCUT2D eigenvalue weighted by Crippen LogP contribution is -2.26. The molecule has 6 heteroatoms. The van der Waals surface area contributed by atoms with Gasteiger partial charge in [-0.05, 0) is 24.6 Å². The number of hydrogen-bond donors (Lipinski definition) is 2. The second-order valence-electron chi connectivity index (χ2n) is 4.30. The Kier molecular flexibility index (Phi) is 3.76. The number of nitriles is 1. The van der Waals surface area contributed by atoms with Crippen molar-refractivity contribution in [2.24, 2.45) is 4.99 Å². The molecule has 0 spiro atoms. The van der Waals surface area contributed by atoms with Gasteiger partial charge in [-0.2, -0.15) is 5.26 Å². The summed E-state index contributed by atoms with van der Waals surface area (Å²) in [4.78, 5) is 7.32. The highest BCUT2D eigenvalue weighted by molar-refractivity contribution is 8.93. The first-order valence-corrected chi connectivity index (χ1v) is 5.83. The quantitative estimate of drug-likeness (QED) is 0.894. The van der Waals surface area contributed by atoms with Crippen LogP contribution in [0.1, 0.15) is 11.1 Å². The van der Waals surface area contributed by atoms with Crippen molar-refractivity contribution in [1.29, 1.82) is 5.26 Å². The minimum absolute atomic E-state index is 0. The summed E-state index contributed by atoms with van der Waals surface area (Å²) < 4.78 is 0. The van der Waals surface area contributed by atoms with Gasteiger partial charge in [-0.15, -0.1) is 17.0 Å². The van der Waals surface area contributed by atoms with Gasteiger partial charge in [0.2, 0.25) is 0 Å². The second-order valence-corrected chi connectivity index (χ2v) is 4.30. The van der Waals surface area contributed by atoms with Gasteiger partial charge >= 0.3 is 0 Å². The summed E-state index contributed by atoms with van der Waals surface area (Å²) in [6.07, 6.45) is 3.55. The number of aromatic nitrogens is 1. The molecule has 0 atom stereocenters. The highest BCUT2D eigenvalue weighted by Gasteiger charge is 2.11. The Bertz CT molecular complexity index is 667. The fourth-order valence-electron chi connectivity index (χ4n) is 2.18. The number of aliphatic imine (C=N–C) groups is 1. The van der Waals surface area contributed by atoms with Crippen molar-refractivity contribution in [3.8, 4) is 6.07 Å². The number of fused-ring (bicyclic) bond motifs is 1. The molecule has 0 bridgehead atoms. The minimum Gasteiger partial charge on any atom is -0.360 e. The van der Waals surface area contributed by atoms with E-state index < -0.39 is 0 Å². The molecule has 5 nitrogen and oxygen atoms in total. The molecule has 2 aromatic rings. The topological polar surface area (TPSA) is 67.2 Å². The van der Waals surface area contributed by atoms with E-state index in [9.17, 15) is 0 Å². The Hall–Kier alpha value is -2.00. The summed E-state index contributed by atoms with van der Waals surface area (Å²) in [5.74, 6) is 0. The molecule has 2 heterocycles. The van der Waals surface area contributed by atoms with Crippen LogP contribution in [-0.4, -0.2) is 29.4 Å². The molecule has 1 aliphatic heterocycles. The van der Waals surface area contributed by atoms with Crippen LogP contribution in [0.2, 0.25) is 0 Å². The van der Waals surface area contributed by atoms with E-state index in [4.69, 9.17) is 5.26 Å². The van der Waals surface area contributed by atoms with E-state index in [2.05, 4.69) is 21.5 Å². The van der Waals surface area contributed by atoms with Crippen molar-refractivity contribution in [1.82, 2.24) is 9.99 Å². The normalized spacial score (nSPS) is 13.4. The van der Waals surface area contributed by atoms with Gasteiger partial charge in [-0.25, -0.2) is 0 Å². The van der Waals surface area contributed by atoms with Crippen LogP contribution >= 0.6 is 17.0 Å². The zero-order valence-electron chi connectivity index (χ0n) is 10.5. The molecule has 1 aromatic heterocycles. The number of hydrogen-bond acceptors (Lipinski definition) is 4. The SMILES string of the molecule is Br.Cc1c(NN2C=NCC2)ccc2c(C#N)c[nH]c12. The maximum Gasteiger partial charge on any atom is 0.104 e. The average molecular weight is 320 g/mol. The molecule has 19 heavy (non-hydrogen) atoms. The largest absolute Gasteiger partial charge is 0.360 e. The zero-order valence-corrected chi connectivity index (χ0v) is 12.2. The Labute approximate surface area is 121 Å². The lowest BCUT2D eigenvalue weighted by molar-refractivity contribution is 0.557. The fourth-order valence-corrected chi connectivity index (χ4v) is 2.18. The number of rotatable bonds is 2. The van der Waals surface area contributed by atoms with Crippen LogP contribution in [0.15, 0.2) is 23.3 Å². The lowest BCUT2D eigenvalue weighted by atomic mass is 10.1. The first kappa shape index (κ1) is 13.4. The van der Waals surface area contributed by atoms with Crippen LogP contribution in [-0.2, 0) is 0 Å². The molecule has 0 radical (unpaired) electrons. The summed E-state index contributed by atoms with van der Waals surface area (Å²) in [7, 11) is 0. The van der Waals surface area contributed by atoms with Crippen LogP contribution < -0.4 is 5.43 Å². The monoisotopic (exact) mass is 319 g/mol. The molecule has 2 N–H and O–H groups in total. The van der Waals surface area contributed by atoms with E-state index in [0.29, 0.717) is 5.56 Å². The zero-order chi connectivity index (χ0) is 12.5. The van der Waals surface area contributed by atoms with Crippen molar-refractivity contribution < 1.29 is 0 Å². The number of aryl methyl sites for hydroxylation is 1. The highest BCUT2D eigenvalue weighted by Crippen LogP contribution is 2.27. The molecular formula is C13H14BrN5. The maximum atomic E-state index is 9.00. The summed E-state index contributed by atoms with van der Waals surface area (Å²) in [6, 6.07) is 6.15. The molecule has 1 aromatic carbocycles. The third-order valence-electron chi connectivity index (χ3n) is 3.19. The number of hydrazine groups is 1. The van der Waals surface area contributed by atoms with E-state index >= 15 is 0 Å². The number of H-pyrrole nitrogens is 1. The molecule has 0 saturated heterocycles. The van der Waals surface area contributed by atoms with E-state index in [1.165, 1.54) is 0 Å². The van der Waals surface area contributed by atoms with Gasteiger partial charge in [0, 0.05) is 11.6 Å². The van der Waals surface area contributed by atoms with Crippen molar-refractivity contribution >= 4 is 39.9 Å². The smallest absolute Gasteiger partial charge is 0.104 e. The number of nitrogens with one attached hydrogen (secondary N) is 2. The number of halogens is 1. The molecule has 0 saturated carbocycles. The van der Waals surface area contributed by atoms with Gasteiger partial charge < -0.3 is 4.98 Å². The van der Waals surface area contributed by atoms with Crippen molar-refractivity contribution in [3.05, 3.63) is 29.5 Å². The van der Waals surface area contributed by atoms with Crippen LogP contribution in [0, 0.1) is 18.3 Å². The minimum atomic E-state index is 0. The van der Waals surface area contributed by atoms with E-state index in [-0.39, 0.29) is 17.0 Å². The van der Waals surface area contributed by atoms with E-state index in [1.54, 1.807) is 12.5 Å². The summed E-state index contributed by atoms with van der Waals surface area (Å²) >= 11 is 0. The van der Waals surface area contributed by atoms with Gasteiger partial charge in [0.1, 0.15) is 12.4 Å². The van der Waals surface area contributed by atoms with Gasteiger partial charge in [-0.3, -0.25) is 15.4 Å². The summed E-state index contributed by atoms with van der Waals surface area (Å²) in [6.45, 7) is 3.75. The molecule has 3 rings (SSSR count). The molecule has 0 unspecified atom stereocenters. The number of nitrogens with zero attached hydrogens (tertiary/aromatic N) is 3. The molecule has 1 aliphatic rings. The Morgan fingerprint density at radius 3 is 3.00 bits per heavy atom. The van der Waals surface area contributed by atoms with E-state index in [1.807, 2.05) is 24.1 Å². The molecule has 0 amide bonds. The standard InChI is InChI=1S/C13H13N5.BrH/c1-9-12(17-18-5-4-15-8-18)3-2-11-10(6-14)7-16-13(9)11;/h2-3,7-8,16-17H,4-5H2,1H3;1H. The van der Waals surface area contributed by atoms with Gasteiger partial charge in [0.25, 0.3) is 0 Å². The van der Waals surface area contributed by atoms with Crippen molar-refractivity contribution in [3.63, 3.8) is 0 Å². The summed E-state index contributed by atoms with van der Waals surface area (Å²) in [5.41, 5.74) is 7.14. The molecular weight excluding hydrogens is 306 g/mol. The van der Waals surface area contributed by atoms with Crippen LogP contribution in [0.5, 0.6) is 0 Å². The van der Waals surface area contributed by atoms with E-state index in [0.717, 1.165) is 35.2 Å². The molecule has 98 valence electrons. The first-order chi connectivity index (χ1) is 8.79. The molecule has 0 fully saturated rings. The van der Waals surface area contributed by atoms with Gasteiger partial charge in [0.05, 0.1) is 29.9 Å². The number of benzene rings is 1. The van der Waals surface area contributed by atoms with Gasteiger partial charge in [0.15, 0.2) is 0 Å². The first-order valence-electron chi connectivity index (χ1n) is 5.83. The highest BCUT2D eigenvalue weighted by atomic mass is 79.9. The maximum absolute atomic E-state index is 9.00. The average Bonchev–Trinajstić information content (AvgIpc) is 3.02. The van der Waals surface area contributed by atoms with Crippen LogP contribution in [0.3, 0.4) is 0 Å². The fraction of sp³-hybridized carbons (Fsp3) is 0.231. The van der Waals surface area contributed by atoms with Crippen LogP contribution in [0.25, 0.3) is 10.9 Å². The molecule has 0 aliphatic carbocycles. The number of aromatic amines is 1. The van der Waals surface area contributed by atoms with Crippen molar-refractivity contribution in [2.45, 2.75) is 6.92 Å². The van der Waals surface area contributed by atoms with Crippen LogP contribution in [0.4, 0.5) is 5.69 Å². The predicted molar refractivity (Wildman–Crippen MR) is 81.8 cm³/mol.